The van der Waals surface area contributed by atoms with Crippen LogP contribution in [0.15, 0.2) is 0 Å². The van der Waals surface area contributed by atoms with Crippen molar-refractivity contribution in [2.24, 2.45) is 23.7 Å². The van der Waals surface area contributed by atoms with Gasteiger partial charge in [0.15, 0.2) is 12.2 Å². The predicted octanol–water partition coefficient (Wildman–Crippen LogP) is 18.1. The van der Waals surface area contributed by atoms with Gasteiger partial charge in [0.25, 0.3) is 0 Å². The Morgan fingerprint density at radius 2 is 0.565 bits per heavy atom. The zero-order valence-electron chi connectivity index (χ0n) is 55.2. The first-order chi connectivity index (χ1) is 40.6. The number of hydrogen-bond donors (Lipinski definition) is 3. The molecule has 0 saturated carbocycles. The van der Waals surface area contributed by atoms with Gasteiger partial charge in [0, 0.05) is 25.7 Å². The lowest BCUT2D eigenvalue weighted by atomic mass is 10.00. The smallest absolute Gasteiger partial charge is 0.462 e. The van der Waals surface area contributed by atoms with Gasteiger partial charge >= 0.3 is 39.5 Å². The highest BCUT2D eigenvalue weighted by atomic mass is 31.2. The second kappa shape index (κ2) is 56.1. The van der Waals surface area contributed by atoms with Crippen LogP contribution in [-0.4, -0.2) is 96.7 Å². The summed E-state index contributed by atoms with van der Waals surface area (Å²) in [7, 11) is -9.89. The van der Waals surface area contributed by atoms with E-state index < -0.39 is 97.5 Å². The third-order valence-electron chi connectivity index (χ3n) is 15.4. The van der Waals surface area contributed by atoms with Crippen molar-refractivity contribution in [3.8, 4) is 0 Å². The van der Waals surface area contributed by atoms with Crippen LogP contribution in [0, 0.1) is 23.7 Å². The van der Waals surface area contributed by atoms with Gasteiger partial charge in [-0.25, -0.2) is 9.13 Å². The number of rotatable bonds is 63. The Balaban J connectivity index is 5.24. The van der Waals surface area contributed by atoms with Crippen molar-refractivity contribution in [3.05, 3.63) is 0 Å². The van der Waals surface area contributed by atoms with Crippen LogP contribution < -0.4 is 0 Å². The van der Waals surface area contributed by atoms with Crippen molar-refractivity contribution in [2.45, 2.75) is 337 Å². The molecule has 0 aromatic carbocycles. The molecule has 19 heteroatoms. The van der Waals surface area contributed by atoms with Crippen LogP contribution >= 0.6 is 15.6 Å². The molecule has 85 heavy (non-hydrogen) atoms. The number of hydrogen-bond acceptors (Lipinski definition) is 15. The molecule has 0 amide bonds. The maximum absolute atomic E-state index is 13.0. The summed E-state index contributed by atoms with van der Waals surface area (Å²) in [6.45, 7) is 14.0. The van der Waals surface area contributed by atoms with Crippen molar-refractivity contribution >= 4 is 39.5 Å². The molecule has 6 atom stereocenters. The third kappa shape index (κ3) is 59.5. The fraction of sp³-hybridized carbons (Fsp3) is 0.939. The summed E-state index contributed by atoms with van der Waals surface area (Å²) in [6.07, 6.45) is 36.4. The van der Waals surface area contributed by atoms with Crippen molar-refractivity contribution in [1.82, 2.24) is 0 Å². The van der Waals surface area contributed by atoms with E-state index in [1.807, 2.05) is 0 Å². The Morgan fingerprint density at radius 1 is 0.329 bits per heavy atom. The number of aliphatic hydroxyl groups is 1. The van der Waals surface area contributed by atoms with Gasteiger partial charge in [0.05, 0.1) is 26.4 Å². The molecule has 0 rings (SSSR count). The summed E-state index contributed by atoms with van der Waals surface area (Å²) in [5, 5.41) is 10.5. The average molecular weight is 1260 g/mol. The fourth-order valence-electron chi connectivity index (χ4n) is 9.75. The van der Waals surface area contributed by atoms with Crippen molar-refractivity contribution in [3.63, 3.8) is 0 Å². The molecule has 3 unspecified atom stereocenters. The molecular weight excluding hydrogens is 1130 g/mol. The van der Waals surface area contributed by atoms with Gasteiger partial charge in [0.1, 0.15) is 19.3 Å². The summed E-state index contributed by atoms with van der Waals surface area (Å²) in [4.78, 5) is 72.3. The zero-order valence-corrected chi connectivity index (χ0v) is 57.0. The highest BCUT2D eigenvalue weighted by Gasteiger charge is 2.30. The summed E-state index contributed by atoms with van der Waals surface area (Å²) in [5.74, 6) is 0.763. The monoisotopic (exact) mass is 1250 g/mol. The number of ether oxygens (including phenoxy) is 4. The highest BCUT2D eigenvalue weighted by Crippen LogP contribution is 2.45. The Labute approximate surface area is 517 Å². The summed E-state index contributed by atoms with van der Waals surface area (Å²) < 4.78 is 68.1. The van der Waals surface area contributed by atoms with E-state index in [-0.39, 0.29) is 25.7 Å². The van der Waals surface area contributed by atoms with E-state index in [0.717, 1.165) is 114 Å². The molecule has 17 nitrogen and oxygen atoms in total. The topological polar surface area (TPSA) is 237 Å². The molecule has 0 aliphatic heterocycles. The quantitative estimate of drug-likeness (QED) is 0.0222. The van der Waals surface area contributed by atoms with Gasteiger partial charge in [-0.15, -0.1) is 0 Å². The van der Waals surface area contributed by atoms with Crippen LogP contribution in [0.4, 0.5) is 0 Å². The van der Waals surface area contributed by atoms with E-state index in [2.05, 4.69) is 55.4 Å². The number of phosphoric acid groups is 2. The maximum Gasteiger partial charge on any atom is 0.472 e. The molecule has 0 radical (unpaired) electrons. The van der Waals surface area contributed by atoms with E-state index in [0.29, 0.717) is 31.6 Å². The molecule has 0 saturated heterocycles. The second-order valence-corrected chi connectivity index (χ2v) is 28.4. The number of carbonyl (C=O) groups excluding carboxylic acids is 4. The van der Waals surface area contributed by atoms with Crippen molar-refractivity contribution in [2.75, 3.05) is 39.6 Å². The highest BCUT2D eigenvalue weighted by molar-refractivity contribution is 7.47. The molecular formula is C66H128O17P2. The van der Waals surface area contributed by atoms with Crippen molar-refractivity contribution in [1.29, 1.82) is 0 Å². The number of carbonyl (C=O) groups is 4. The van der Waals surface area contributed by atoms with E-state index in [9.17, 15) is 43.2 Å². The molecule has 0 aromatic heterocycles. The Morgan fingerprint density at radius 3 is 0.835 bits per heavy atom. The van der Waals surface area contributed by atoms with Gasteiger partial charge < -0.3 is 33.8 Å². The van der Waals surface area contributed by atoms with E-state index in [4.69, 9.17) is 37.0 Å². The van der Waals surface area contributed by atoms with E-state index >= 15 is 0 Å². The van der Waals surface area contributed by atoms with Crippen LogP contribution in [0.5, 0.6) is 0 Å². The van der Waals surface area contributed by atoms with Gasteiger partial charge in [-0.2, -0.15) is 0 Å². The Hall–Kier alpha value is -1.94. The Bertz CT molecular complexity index is 1700. The normalized spacial score (nSPS) is 14.7. The van der Waals surface area contributed by atoms with Crippen LogP contribution in [0.25, 0.3) is 0 Å². The van der Waals surface area contributed by atoms with Crippen molar-refractivity contribution < 1.29 is 80.2 Å². The first-order valence-corrected chi connectivity index (χ1v) is 37.2. The summed E-state index contributed by atoms with van der Waals surface area (Å²) >= 11 is 0. The number of esters is 4. The van der Waals surface area contributed by atoms with E-state index in [1.54, 1.807) is 0 Å². The molecule has 0 fully saturated rings. The molecule has 0 bridgehead atoms. The number of unbranched alkanes of at least 4 members (excludes halogenated alkanes) is 28. The van der Waals surface area contributed by atoms with Gasteiger partial charge in [-0.3, -0.25) is 37.3 Å². The van der Waals surface area contributed by atoms with Crippen LogP contribution in [0.1, 0.15) is 319 Å². The molecule has 0 aliphatic carbocycles. The second-order valence-electron chi connectivity index (χ2n) is 25.5. The molecule has 504 valence electrons. The Kier molecular flexibility index (Phi) is 54.8. The number of aliphatic hydroxyl groups excluding tert-OH is 1. The first-order valence-electron chi connectivity index (χ1n) is 34.2. The first kappa shape index (κ1) is 83.1. The maximum atomic E-state index is 13.0. The predicted molar refractivity (Wildman–Crippen MR) is 340 cm³/mol. The minimum atomic E-state index is -4.95. The lowest BCUT2D eigenvalue weighted by Gasteiger charge is -2.21. The standard InChI is InChI=1S/C66H128O17P2/c1-9-59(8)45-37-29-23-25-33-41-49-66(71)83-62(52-76-63(68)46-38-30-20-17-16-19-27-35-43-57(4)5)55-81-85(74,75)79-51-60(67)50-78-84(72,73)80-54-61(53-77-64(69)47-39-31-24-22-28-36-44-58(6)7)82-65(70)48-40-32-21-15-13-11-10-12-14-18-26-34-42-56(2)3/h56-62,67H,9-55H2,1-8H3,(H,72,73)(H,74,75)/t59?,60-,61+,62+/m0/s1. The third-order valence-corrected chi connectivity index (χ3v) is 17.3. The molecule has 0 aliphatic rings. The molecule has 3 N–H and O–H groups in total. The fourth-order valence-corrected chi connectivity index (χ4v) is 11.3. The lowest BCUT2D eigenvalue weighted by molar-refractivity contribution is -0.161. The van der Waals surface area contributed by atoms with Gasteiger partial charge in [-0.05, 0) is 49.4 Å². The van der Waals surface area contributed by atoms with Crippen LogP contribution in [0.2, 0.25) is 0 Å². The van der Waals surface area contributed by atoms with Crippen LogP contribution in [0.3, 0.4) is 0 Å². The minimum Gasteiger partial charge on any atom is -0.462 e. The largest absolute Gasteiger partial charge is 0.472 e. The van der Waals surface area contributed by atoms with Crippen LogP contribution in [-0.2, 0) is 65.4 Å². The summed E-state index contributed by atoms with van der Waals surface area (Å²) in [5.41, 5.74) is 0. The molecule has 0 heterocycles. The average Bonchev–Trinajstić information content (AvgIpc) is 3.48. The summed E-state index contributed by atoms with van der Waals surface area (Å²) in [6, 6.07) is 0. The lowest BCUT2D eigenvalue weighted by Crippen LogP contribution is -2.30. The number of phosphoric ester groups is 2. The molecule has 0 spiro atoms. The van der Waals surface area contributed by atoms with Gasteiger partial charge in [-0.1, -0.05) is 267 Å². The molecule has 0 aromatic rings. The minimum absolute atomic E-state index is 0.102. The zero-order chi connectivity index (χ0) is 63.2. The van der Waals surface area contributed by atoms with E-state index in [1.165, 1.54) is 116 Å². The van der Waals surface area contributed by atoms with Gasteiger partial charge in [0.2, 0.25) is 0 Å². The SMILES string of the molecule is CCC(C)CCCCCCCCC(=O)O[C@H](COC(=O)CCCCCCCCCCC(C)C)COP(=O)(O)OC[C@@H](O)COP(=O)(O)OC[C@@H](COC(=O)CCCCCCCCC(C)C)OC(=O)CCCCCCCCCCCCCCC(C)C.